The first-order valence-electron chi connectivity index (χ1n) is 13.3. The van der Waals surface area contributed by atoms with E-state index in [-0.39, 0.29) is 11.6 Å². The lowest BCUT2D eigenvalue weighted by atomic mass is 10.0. The summed E-state index contributed by atoms with van der Waals surface area (Å²) in [4.78, 5) is 23.5. The number of hydrogen-bond donors (Lipinski definition) is 0. The van der Waals surface area contributed by atoms with Gasteiger partial charge in [-0.2, -0.15) is 0 Å². The third kappa shape index (κ3) is 11.6. The lowest BCUT2D eigenvalue weighted by Gasteiger charge is -2.11. The summed E-state index contributed by atoms with van der Waals surface area (Å²) in [5, 5.41) is 0. The highest BCUT2D eigenvalue weighted by Gasteiger charge is 2.08. The van der Waals surface area contributed by atoms with Crippen LogP contribution in [0.5, 0.6) is 11.5 Å². The van der Waals surface area contributed by atoms with Gasteiger partial charge in [-0.05, 0) is 93.0 Å². The maximum atomic E-state index is 11.8. The first kappa shape index (κ1) is 30.4. The van der Waals surface area contributed by atoms with Crippen LogP contribution in [0.4, 0.5) is 0 Å². The number of hydrogen-bond acceptors (Lipinski definition) is 4. The maximum absolute atomic E-state index is 11.8. The summed E-state index contributed by atoms with van der Waals surface area (Å²) >= 11 is 0. The molecule has 0 unspecified atom stereocenters. The molecular formula is C31H46O4. The third-order valence-electron chi connectivity index (χ3n) is 5.66. The summed E-state index contributed by atoms with van der Waals surface area (Å²) in [6.07, 6.45) is 6.28. The van der Waals surface area contributed by atoms with Crippen LogP contribution < -0.4 is 9.47 Å². The zero-order valence-electron chi connectivity index (χ0n) is 23.0. The number of ketones is 2. The molecule has 0 amide bonds. The molecule has 0 aliphatic heterocycles. The van der Waals surface area contributed by atoms with Crippen LogP contribution in [0, 0.1) is 19.8 Å². The van der Waals surface area contributed by atoms with E-state index in [0.717, 1.165) is 79.1 Å². The van der Waals surface area contributed by atoms with Crippen LogP contribution in [0.3, 0.4) is 0 Å². The van der Waals surface area contributed by atoms with Gasteiger partial charge in [0.05, 0.1) is 13.2 Å². The van der Waals surface area contributed by atoms with Gasteiger partial charge >= 0.3 is 0 Å². The van der Waals surface area contributed by atoms with Crippen LogP contribution in [0.15, 0.2) is 36.4 Å². The normalized spacial score (nSPS) is 10.5. The number of benzene rings is 2. The van der Waals surface area contributed by atoms with Crippen molar-refractivity contribution < 1.29 is 19.1 Å². The Balaban J connectivity index is 0.000000351. The molecule has 0 N–H and O–H groups in total. The van der Waals surface area contributed by atoms with E-state index in [1.54, 1.807) is 0 Å². The fraction of sp³-hybridized carbons (Fsp3) is 0.548. The number of carbonyl (C=O) groups is 2. The molecule has 4 heteroatoms. The molecule has 0 spiro atoms. The lowest BCUT2D eigenvalue weighted by molar-refractivity contribution is 0.0973. The fourth-order valence-corrected chi connectivity index (χ4v) is 3.44. The molecule has 0 atom stereocenters. The van der Waals surface area contributed by atoms with Crippen molar-refractivity contribution in [2.45, 2.75) is 93.4 Å². The molecule has 2 aromatic carbocycles. The standard InChI is InChI=1S/C16H24O2.C15H22O2/c1-5-6-15(17)14-7-8-16(13(4)11-14)18-10-9-12(2)3;1-4-6-10-17-15-9-8-13(11-12(15)3)14(16)7-5-2/h7-8,11-12H,5-6,9-10H2,1-4H3;8-9,11H,4-7,10H2,1-3H3. The zero-order valence-corrected chi connectivity index (χ0v) is 23.0. The molecule has 0 saturated carbocycles. The SMILES string of the molecule is CCCC(=O)c1ccc(OCCC(C)C)c(C)c1.CCCCOc1ccc(C(=O)CCC)cc1C. The summed E-state index contributed by atoms with van der Waals surface area (Å²) in [5.41, 5.74) is 3.68. The summed E-state index contributed by atoms with van der Waals surface area (Å²) in [7, 11) is 0. The van der Waals surface area contributed by atoms with Crippen molar-refractivity contribution in [3.05, 3.63) is 58.7 Å². The first-order chi connectivity index (χ1) is 16.7. The highest BCUT2D eigenvalue weighted by molar-refractivity contribution is 5.96. The van der Waals surface area contributed by atoms with Crippen molar-refractivity contribution in [2.24, 2.45) is 5.92 Å². The van der Waals surface area contributed by atoms with Gasteiger partial charge in [-0.3, -0.25) is 9.59 Å². The molecule has 0 aromatic heterocycles. The molecule has 0 fully saturated rings. The molecule has 0 saturated heterocycles. The average molecular weight is 483 g/mol. The Morgan fingerprint density at radius 3 is 1.54 bits per heavy atom. The first-order valence-corrected chi connectivity index (χ1v) is 13.3. The molecule has 0 radical (unpaired) electrons. The largest absolute Gasteiger partial charge is 0.493 e. The lowest BCUT2D eigenvalue weighted by Crippen LogP contribution is -2.04. The van der Waals surface area contributed by atoms with Crippen molar-refractivity contribution in [1.29, 1.82) is 0 Å². The Morgan fingerprint density at radius 1 is 0.714 bits per heavy atom. The quantitative estimate of drug-likeness (QED) is 0.200. The highest BCUT2D eigenvalue weighted by Crippen LogP contribution is 2.22. The number of ether oxygens (including phenoxy) is 2. The Morgan fingerprint density at radius 2 is 1.17 bits per heavy atom. The van der Waals surface area contributed by atoms with Crippen molar-refractivity contribution in [1.82, 2.24) is 0 Å². The minimum atomic E-state index is 0.217. The second kappa shape index (κ2) is 16.9. The highest BCUT2D eigenvalue weighted by atomic mass is 16.5. The van der Waals surface area contributed by atoms with E-state index in [9.17, 15) is 9.59 Å². The van der Waals surface area contributed by atoms with Crippen molar-refractivity contribution >= 4 is 11.6 Å². The molecule has 0 heterocycles. The summed E-state index contributed by atoms with van der Waals surface area (Å²) < 4.78 is 11.4. The zero-order chi connectivity index (χ0) is 26.2. The van der Waals surface area contributed by atoms with Crippen molar-refractivity contribution in [3.8, 4) is 11.5 Å². The molecule has 0 aliphatic carbocycles. The number of aryl methyl sites for hydroxylation is 2. The van der Waals surface area contributed by atoms with Crippen molar-refractivity contribution in [3.63, 3.8) is 0 Å². The van der Waals surface area contributed by atoms with E-state index in [1.807, 2.05) is 64.1 Å². The second-order valence-corrected chi connectivity index (χ2v) is 9.54. The molecular weight excluding hydrogens is 436 g/mol. The van der Waals surface area contributed by atoms with E-state index < -0.39 is 0 Å². The number of unbranched alkanes of at least 4 members (excludes halogenated alkanes) is 1. The van der Waals surface area contributed by atoms with E-state index in [0.29, 0.717) is 18.8 Å². The summed E-state index contributed by atoms with van der Waals surface area (Å²) in [5.74, 6) is 2.87. The van der Waals surface area contributed by atoms with E-state index in [2.05, 4.69) is 20.8 Å². The van der Waals surface area contributed by atoms with Gasteiger partial charge in [0.25, 0.3) is 0 Å². The second-order valence-electron chi connectivity index (χ2n) is 9.54. The molecule has 2 aromatic rings. The third-order valence-corrected chi connectivity index (χ3v) is 5.66. The van der Waals surface area contributed by atoms with Crippen LogP contribution in [0.1, 0.15) is 111 Å². The topological polar surface area (TPSA) is 52.6 Å². The van der Waals surface area contributed by atoms with E-state index in [4.69, 9.17) is 9.47 Å². The Hall–Kier alpha value is -2.62. The van der Waals surface area contributed by atoms with Crippen LogP contribution in [-0.4, -0.2) is 24.8 Å². The average Bonchev–Trinajstić information content (AvgIpc) is 2.81. The summed E-state index contributed by atoms with van der Waals surface area (Å²) in [6.45, 7) is 16.0. The van der Waals surface area contributed by atoms with E-state index >= 15 is 0 Å². The maximum Gasteiger partial charge on any atom is 0.162 e. The van der Waals surface area contributed by atoms with Crippen molar-refractivity contribution in [2.75, 3.05) is 13.2 Å². The predicted octanol–water partition coefficient (Wildman–Crippen LogP) is 8.56. The Kier molecular flexibility index (Phi) is 14.7. The van der Waals surface area contributed by atoms with Gasteiger partial charge < -0.3 is 9.47 Å². The molecule has 0 bridgehead atoms. The number of rotatable bonds is 14. The van der Waals surface area contributed by atoms with Gasteiger partial charge in [0.2, 0.25) is 0 Å². The summed E-state index contributed by atoms with van der Waals surface area (Å²) in [6, 6.07) is 11.4. The smallest absolute Gasteiger partial charge is 0.162 e. The molecule has 0 aliphatic rings. The van der Waals surface area contributed by atoms with Crippen LogP contribution in [0.25, 0.3) is 0 Å². The Labute approximate surface area is 213 Å². The fourth-order valence-electron chi connectivity index (χ4n) is 3.44. The van der Waals surface area contributed by atoms with Gasteiger partial charge in [-0.1, -0.05) is 41.0 Å². The van der Waals surface area contributed by atoms with Crippen LogP contribution in [-0.2, 0) is 0 Å². The van der Waals surface area contributed by atoms with Gasteiger partial charge in [-0.15, -0.1) is 0 Å². The number of Topliss-reactive ketones (excluding diaryl/α,β-unsaturated/α-hetero) is 2. The Bertz CT molecular complexity index is 914. The predicted molar refractivity (Wildman–Crippen MR) is 146 cm³/mol. The number of carbonyl (C=O) groups excluding carboxylic acids is 2. The molecule has 35 heavy (non-hydrogen) atoms. The minimum absolute atomic E-state index is 0.217. The molecule has 4 nitrogen and oxygen atoms in total. The minimum Gasteiger partial charge on any atom is -0.493 e. The monoisotopic (exact) mass is 482 g/mol. The molecule has 2 rings (SSSR count). The van der Waals surface area contributed by atoms with Crippen LogP contribution >= 0.6 is 0 Å². The van der Waals surface area contributed by atoms with E-state index in [1.165, 1.54) is 0 Å². The van der Waals surface area contributed by atoms with Gasteiger partial charge in [-0.25, -0.2) is 0 Å². The molecule has 194 valence electrons. The van der Waals surface area contributed by atoms with Gasteiger partial charge in [0.1, 0.15) is 11.5 Å². The van der Waals surface area contributed by atoms with Gasteiger partial charge in [0.15, 0.2) is 11.6 Å². The van der Waals surface area contributed by atoms with Crippen LogP contribution in [0.2, 0.25) is 0 Å². The van der Waals surface area contributed by atoms with Gasteiger partial charge in [0, 0.05) is 24.0 Å².